The van der Waals surface area contributed by atoms with Gasteiger partial charge >= 0.3 is 5.69 Å². The topological polar surface area (TPSA) is 81.3 Å². The van der Waals surface area contributed by atoms with Gasteiger partial charge in [0.2, 0.25) is 5.91 Å². The number of rotatable bonds is 4. The number of benzene rings is 1. The molecule has 1 N–H and O–H groups in total. The lowest BCUT2D eigenvalue weighted by Gasteiger charge is -2.14. The Labute approximate surface area is 151 Å². The zero-order chi connectivity index (χ0) is 18.1. The van der Waals surface area contributed by atoms with Crippen LogP contribution in [0.3, 0.4) is 0 Å². The van der Waals surface area contributed by atoms with Crippen LogP contribution in [0.1, 0.15) is 18.5 Å². The molecule has 2 heterocycles. The molecule has 0 fully saturated rings. The van der Waals surface area contributed by atoms with Crippen molar-refractivity contribution < 1.29 is 9.18 Å². The van der Waals surface area contributed by atoms with Crippen LogP contribution >= 0.6 is 23.2 Å². The van der Waals surface area contributed by atoms with Gasteiger partial charge in [-0.15, -0.1) is 5.10 Å². The number of aromatic nitrogens is 4. The minimum atomic E-state index is -0.674. The number of hydrogen-bond donors (Lipinski definition) is 1. The molecule has 0 bridgehead atoms. The van der Waals surface area contributed by atoms with Gasteiger partial charge in [-0.05, 0) is 24.6 Å². The van der Waals surface area contributed by atoms with Crippen LogP contribution in [-0.2, 0) is 11.3 Å². The standard InChI is InChI=1S/C15H12Cl2FN5O2/c1-8(9-2-3-11(16)12(17)4-9)20-13(24)7-23-15(25)22-6-10(18)5-19-14(22)21-23/h2-6,8H,7H2,1H3,(H,20,24)/t8-/m0/s1. The third kappa shape index (κ3) is 3.64. The Balaban J connectivity index is 1.75. The van der Waals surface area contributed by atoms with Crippen molar-refractivity contribution in [2.75, 3.05) is 0 Å². The van der Waals surface area contributed by atoms with Gasteiger partial charge in [-0.25, -0.2) is 23.3 Å². The minimum absolute atomic E-state index is 0.0109. The van der Waals surface area contributed by atoms with Crippen molar-refractivity contribution in [3.05, 3.63) is 62.5 Å². The largest absolute Gasteiger partial charge is 0.352 e. The molecule has 0 spiro atoms. The highest BCUT2D eigenvalue weighted by atomic mass is 35.5. The highest BCUT2D eigenvalue weighted by Gasteiger charge is 2.15. The van der Waals surface area contributed by atoms with Gasteiger partial charge in [0.25, 0.3) is 5.78 Å². The summed E-state index contributed by atoms with van der Waals surface area (Å²) in [5.74, 6) is -1.10. The van der Waals surface area contributed by atoms with E-state index in [2.05, 4.69) is 15.4 Å². The molecule has 2 aromatic heterocycles. The maximum atomic E-state index is 13.2. The van der Waals surface area contributed by atoms with Gasteiger partial charge in [0.1, 0.15) is 6.54 Å². The van der Waals surface area contributed by atoms with E-state index < -0.39 is 17.4 Å². The lowest BCUT2D eigenvalue weighted by Crippen LogP contribution is -2.34. The van der Waals surface area contributed by atoms with Gasteiger partial charge in [0.15, 0.2) is 5.82 Å². The fourth-order valence-electron chi connectivity index (χ4n) is 2.28. The normalized spacial score (nSPS) is 12.3. The molecule has 1 amide bonds. The first-order chi connectivity index (χ1) is 11.8. The third-order valence-corrected chi connectivity index (χ3v) is 4.26. The van der Waals surface area contributed by atoms with E-state index in [4.69, 9.17) is 23.2 Å². The van der Waals surface area contributed by atoms with Crippen molar-refractivity contribution in [3.8, 4) is 0 Å². The summed E-state index contributed by atoms with van der Waals surface area (Å²) in [6.45, 7) is 1.44. The SMILES string of the molecule is C[C@H](NC(=O)Cn1nc2ncc(F)cn2c1=O)c1ccc(Cl)c(Cl)c1. The predicted molar refractivity (Wildman–Crippen MR) is 90.2 cm³/mol. The summed E-state index contributed by atoms with van der Waals surface area (Å²) in [7, 11) is 0. The highest BCUT2D eigenvalue weighted by Crippen LogP contribution is 2.25. The number of fused-ring (bicyclic) bond motifs is 1. The molecule has 1 aromatic carbocycles. The summed E-state index contributed by atoms with van der Waals surface area (Å²) in [6.07, 6.45) is 1.91. The van der Waals surface area contributed by atoms with E-state index in [1.807, 2.05) is 0 Å². The van der Waals surface area contributed by atoms with Crippen molar-refractivity contribution in [3.63, 3.8) is 0 Å². The average molecular weight is 384 g/mol. The van der Waals surface area contributed by atoms with Gasteiger partial charge in [-0.1, -0.05) is 29.3 Å². The molecular formula is C15H12Cl2FN5O2. The average Bonchev–Trinajstić information content (AvgIpc) is 2.86. The molecule has 7 nitrogen and oxygen atoms in total. The highest BCUT2D eigenvalue weighted by molar-refractivity contribution is 6.42. The quantitative estimate of drug-likeness (QED) is 0.748. The van der Waals surface area contributed by atoms with E-state index in [0.717, 1.165) is 27.0 Å². The van der Waals surface area contributed by atoms with Crippen molar-refractivity contribution in [2.24, 2.45) is 0 Å². The fourth-order valence-corrected chi connectivity index (χ4v) is 2.58. The molecular weight excluding hydrogens is 372 g/mol. The Morgan fingerprint density at radius 1 is 1.36 bits per heavy atom. The molecule has 0 radical (unpaired) electrons. The summed E-state index contributed by atoms with van der Waals surface area (Å²) in [5.41, 5.74) is 0.105. The van der Waals surface area contributed by atoms with Crippen LogP contribution in [-0.4, -0.2) is 25.1 Å². The zero-order valence-corrected chi connectivity index (χ0v) is 14.4. The monoisotopic (exact) mass is 383 g/mol. The van der Waals surface area contributed by atoms with E-state index in [-0.39, 0.29) is 18.4 Å². The number of nitrogens with zero attached hydrogens (tertiary/aromatic N) is 4. The smallest absolute Gasteiger partial charge is 0.348 e. The van der Waals surface area contributed by atoms with Crippen LogP contribution in [0.2, 0.25) is 10.0 Å². The van der Waals surface area contributed by atoms with Crippen LogP contribution in [0, 0.1) is 5.82 Å². The molecule has 0 saturated heterocycles. The van der Waals surface area contributed by atoms with Gasteiger partial charge in [0, 0.05) is 0 Å². The molecule has 0 aliphatic rings. The van der Waals surface area contributed by atoms with E-state index in [0.29, 0.717) is 10.0 Å². The second-order valence-electron chi connectivity index (χ2n) is 5.35. The lowest BCUT2D eigenvalue weighted by atomic mass is 10.1. The number of nitrogens with one attached hydrogen (secondary N) is 1. The van der Waals surface area contributed by atoms with Crippen LogP contribution in [0.15, 0.2) is 35.4 Å². The summed E-state index contributed by atoms with van der Waals surface area (Å²) < 4.78 is 15.0. The van der Waals surface area contributed by atoms with Gasteiger partial charge in [-0.3, -0.25) is 4.79 Å². The van der Waals surface area contributed by atoms with Crippen LogP contribution < -0.4 is 11.0 Å². The first-order valence-electron chi connectivity index (χ1n) is 7.20. The molecule has 0 aliphatic heterocycles. The number of carbonyl (C=O) groups excluding carboxylic acids is 1. The fraction of sp³-hybridized carbons (Fsp3) is 0.200. The third-order valence-electron chi connectivity index (χ3n) is 3.52. The molecule has 0 unspecified atom stereocenters. The number of carbonyl (C=O) groups is 1. The zero-order valence-electron chi connectivity index (χ0n) is 12.9. The molecule has 130 valence electrons. The van der Waals surface area contributed by atoms with Gasteiger partial charge in [0.05, 0.1) is 28.5 Å². The molecule has 0 aliphatic carbocycles. The second kappa shape index (κ2) is 6.81. The number of hydrogen-bond acceptors (Lipinski definition) is 4. The first-order valence-corrected chi connectivity index (χ1v) is 7.96. The lowest BCUT2D eigenvalue weighted by molar-refractivity contribution is -0.122. The molecule has 10 heteroatoms. The van der Waals surface area contributed by atoms with Crippen molar-refractivity contribution >= 4 is 34.9 Å². The maximum Gasteiger partial charge on any atom is 0.352 e. The van der Waals surface area contributed by atoms with Crippen molar-refractivity contribution in [1.82, 2.24) is 24.5 Å². The Bertz CT molecular complexity index is 1020. The molecule has 25 heavy (non-hydrogen) atoms. The van der Waals surface area contributed by atoms with E-state index in [9.17, 15) is 14.0 Å². The molecule has 3 rings (SSSR count). The van der Waals surface area contributed by atoms with Crippen LogP contribution in [0.25, 0.3) is 5.78 Å². The Hall–Kier alpha value is -2.45. The van der Waals surface area contributed by atoms with Crippen LogP contribution in [0.5, 0.6) is 0 Å². The maximum absolute atomic E-state index is 13.2. The summed E-state index contributed by atoms with van der Waals surface area (Å²) in [6, 6.07) is 4.67. The summed E-state index contributed by atoms with van der Waals surface area (Å²) in [4.78, 5) is 28.0. The molecule has 0 saturated carbocycles. The Morgan fingerprint density at radius 2 is 2.12 bits per heavy atom. The van der Waals surface area contributed by atoms with Gasteiger partial charge < -0.3 is 5.32 Å². The Morgan fingerprint density at radius 3 is 2.84 bits per heavy atom. The summed E-state index contributed by atoms with van der Waals surface area (Å²) in [5, 5.41) is 7.42. The number of halogens is 3. The van der Waals surface area contributed by atoms with Gasteiger partial charge in [-0.2, -0.15) is 0 Å². The predicted octanol–water partition coefficient (Wildman–Crippen LogP) is 2.21. The van der Waals surface area contributed by atoms with Crippen molar-refractivity contribution in [1.29, 1.82) is 0 Å². The Kier molecular flexibility index (Phi) is 4.73. The second-order valence-corrected chi connectivity index (χ2v) is 6.16. The van der Waals surface area contributed by atoms with E-state index in [1.54, 1.807) is 25.1 Å². The molecule has 3 aromatic rings. The van der Waals surface area contributed by atoms with Crippen molar-refractivity contribution in [2.45, 2.75) is 19.5 Å². The first kappa shape index (κ1) is 17.4. The van der Waals surface area contributed by atoms with E-state index >= 15 is 0 Å². The summed E-state index contributed by atoms with van der Waals surface area (Å²) >= 11 is 11.8. The van der Waals surface area contributed by atoms with E-state index in [1.165, 1.54) is 0 Å². The minimum Gasteiger partial charge on any atom is -0.348 e. The van der Waals surface area contributed by atoms with Crippen LogP contribution in [0.4, 0.5) is 4.39 Å². The number of amides is 1. The molecule has 1 atom stereocenters.